The predicted molar refractivity (Wildman–Crippen MR) is 78.5 cm³/mol. The Balaban J connectivity index is 2.11. The smallest absolute Gasteiger partial charge is 0.335 e. The fourth-order valence-electron chi connectivity index (χ4n) is 1.65. The van der Waals surface area contributed by atoms with Crippen molar-refractivity contribution in [1.82, 2.24) is 0 Å². The molecule has 0 amide bonds. The van der Waals surface area contributed by atoms with E-state index in [0.717, 1.165) is 5.56 Å². The molecule has 0 radical (unpaired) electrons. The predicted octanol–water partition coefficient (Wildman–Crippen LogP) is 3.63. The van der Waals surface area contributed by atoms with Gasteiger partial charge in [-0.2, -0.15) is 0 Å². The van der Waals surface area contributed by atoms with E-state index in [2.05, 4.69) is 15.9 Å². The van der Waals surface area contributed by atoms with Gasteiger partial charge in [-0.25, -0.2) is 4.79 Å². The third kappa shape index (κ3) is 3.79. The van der Waals surface area contributed by atoms with Crippen LogP contribution in [-0.4, -0.2) is 16.0 Å². The zero-order valence-corrected chi connectivity index (χ0v) is 12.2. The first-order valence-corrected chi connectivity index (χ1v) is 6.65. The first kappa shape index (κ1) is 15.0. The quantitative estimate of drug-likeness (QED) is 0.656. The first-order valence-electron chi connectivity index (χ1n) is 5.86. The van der Waals surface area contributed by atoms with Crippen molar-refractivity contribution in [1.29, 1.82) is 0 Å². The summed E-state index contributed by atoms with van der Waals surface area (Å²) in [5.41, 5.74) is 0.861. The highest BCUT2D eigenvalue weighted by Gasteiger charge is 2.09. The highest BCUT2D eigenvalue weighted by molar-refractivity contribution is 9.10. The molecule has 0 bridgehead atoms. The van der Waals surface area contributed by atoms with Crippen molar-refractivity contribution in [3.05, 3.63) is 68.2 Å². The van der Waals surface area contributed by atoms with Crippen molar-refractivity contribution in [2.75, 3.05) is 0 Å². The van der Waals surface area contributed by atoms with Gasteiger partial charge in [-0.3, -0.25) is 10.1 Å². The molecule has 108 valence electrons. The second-order valence-corrected chi connectivity index (χ2v) is 5.01. The van der Waals surface area contributed by atoms with Crippen molar-refractivity contribution in [2.24, 2.45) is 0 Å². The van der Waals surface area contributed by atoms with Crippen molar-refractivity contribution >= 4 is 27.6 Å². The van der Waals surface area contributed by atoms with E-state index in [4.69, 9.17) is 9.84 Å². The molecule has 0 atom stereocenters. The van der Waals surface area contributed by atoms with Crippen LogP contribution < -0.4 is 4.74 Å². The molecule has 0 aliphatic rings. The number of halogens is 1. The summed E-state index contributed by atoms with van der Waals surface area (Å²) in [6, 6.07) is 10.4. The van der Waals surface area contributed by atoms with E-state index >= 15 is 0 Å². The topological polar surface area (TPSA) is 89.7 Å². The number of carboxylic acid groups (broad SMARTS) is 1. The summed E-state index contributed by atoms with van der Waals surface area (Å²) in [4.78, 5) is 21.0. The summed E-state index contributed by atoms with van der Waals surface area (Å²) in [7, 11) is 0. The molecule has 2 aromatic rings. The van der Waals surface area contributed by atoms with Crippen molar-refractivity contribution in [3.8, 4) is 5.75 Å². The van der Waals surface area contributed by atoms with Gasteiger partial charge in [0.05, 0.1) is 16.6 Å². The van der Waals surface area contributed by atoms with Gasteiger partial charge in [0.15, 0.2) is 0 Å². The Bertz CT molecular complexity index is 702. The summed E-state index contributed by atoms with van der Waals surface area (Å²) < 4.78 is 6.09. The molecule has 21 heavy (non-hydrogen) atoms. The van der Waals surface area contributed by atoms with Crippen LogP contribution in [0.3, 0.4) is 0 Å². The number of carbonyl (C=O) groups is 1. The molecule has 0 aromatic heterocycles. The highest BCUT2D eigenvalue weighted by atomic mass is 79.9. The Morgan fingerprint density at radius 2 is 2.05 bits per heavy atom. The van der Waals surface area contributed by atoms with Gasteiger partial charge in [-0.05, 0) is 18.2 Å². The molecule has 0 aliphatic heterocycles. The van der Waals surface area contributed by atoms with Gasteiger partial charge in [0.2, 0.25) is 0 Å². The second-order valence-electron chi connectivity index (χ2n) is 4.15. The molecule has 0 aliphatic carbocycles. The summed E-state index contributed by atoms with van der Waals surface area (Å²) in [5.74, 6) is -0.639. The Morgan fingerprint density at radius 3 is 2.67 bits per heavy atom. The van der Waals surface area contributed by atoms with Crippen LogP contribution in [0.15, 0.2) is 46.9 Å². The molecule has 0 unspecified atom stereocenters. The van der Waals surface area contributed by atoms with E-state index < -0.39 is 10.9 Å². The summed E-state index contributed by atoms with van der Waals surface area (Å²) >= 11 is 3.28. The molecule has 0 spiro atoms. The fourth-order valence-corrected chi connectivity index (χ4v) is 2.14. The van der Waals surface area contributed by atoms with Crippen molar-refractivity contribution in [3.63, 3.8) is 0 Å². The maximum atomic E-state index is 10.8. The fraction of sp³-hybridized carbons (Fsp3) is 0.0714. The van der Waals surface area contributed by atoms with Crippen LogP contribution in [0, 0.1) is 10.1 Å². The molecule has 2 aromatic carbocycles. The lowest BCUT2D eigenvalue weighted by atomic mass is 10.1. The molecule has 7 heteroatoms. The van der Waals surface area contributed by atoms with E-state index in [1.807, 2.05) is 0 Å². The van der Waals surface area contributed by atoms with Crippen LogP contribution in [0.25, 0.3) is 0 Å². The number of benzene rings is 2. The number of nitro benzene ring substituents is 1. The van der Waals surface area contributed by atoms with Gasteiger partial charge in [0.25, 0.3) is 5.69 Å². The van der Waals surface area contributed by atoms with E-state index in [1.165, 1.54) is 30.3 Å². The zero-order chi connectivity index (χ0) is 15.4. The molecule has 6 nitrogen and oxygen atoms in total. The largest absolute Gasteiger partial charge is 0.489 e. The minimum absolute atomic E-state index is 0.0483. The lowest BCUT2D eigenvalue weighted by Crippen LogP contribution is -2.00. The molecule has 0 heterocycles. The number of carboxylic acids is 1. The van der Waals surface area contributed by atoms with Gasteiger partial charge in [0.1, 0.15) is 12.4 Å². The number of nitro groups is 1. The number of nitrogens with zero attached hydrogens (tertiary/aromatic N) is 1. The minimum atomic E-state index is -1.01. The minimum Gasteiger partial charge on any atom is -0.489 e. The van der Waals surface area contributed by atoms with E-state index in [9.17, 15) is 14.9 Å². The van der Waals surface area contributed by atoms with Crippen LogP contribution in [0.5, 0.6) is 5.75 Å². The molecule has 1 N–H and O–H groups in total. The van der Waals surface area contributed by atoms with Crippen LogP contribution >= 0.6 is 15.9 Å². The molecular weight excluding hydrogens is 342 g/mol. The Kier molecular flexibility index (Phi) is 4.54. The SMILES string of the molecule is O=C(O)c1ccc(COc2cccc([N+](=O)[O-])c2)c(Br)c1. The molecule has 0 saturated heterocycles. The van der Waals surface area contributed by atoms with Gasteiger partial charge in [-0.1, -0.05) is 28.1 Å². The summed E-state index contributed by atoms with van der Waals surface area (Å²) in [6.45, 7) is 0.168. The van der Waals surface area contributed by atoms with Crippen LogP contribution in [0.4, 0.5) is 5.69 Å². The van der Waals surface area contributed by atoms with Crippen LogP contribution in [0.1, 0.15) is 15.9 Å². The average molecular weight is 352 g/mol. The third-order valence-electron chi connectivity index (χ3n) is 2.72. The zero-order valence-electron chi connectivity index (χ0n) is 10.7. The number of non-ortho nitro benzene ring substituents is 1. The summed E-state index contributed by atoms with van der Waals surface area (Å²) in [6.07, 6.45) is 0. The number of hydrogen-bond donors (Lipinski definition) is 1. The number of rotatable bonds is 5. The van der Waals surface area contributed by atoms with Crippen LogP contribution in [-0.2, 0) is 6.61 Å². The van der Waals surface area contributed by atoms with E-state index in [1.54, 1.807) is 12.1 Å². The molecule has 2 rings (SSSR count). The lowest BCUT2D eigenvalue weighted by molar-refractivity contribution is -0.384. The van der Waals surface area contributed by atoms with Gasteiger partial charge < -0.3 is 9.84 Å². The van der Waals surface area contributed by atoms with Gasteiger partial charge in [0, 0.05) is 16.1 Å². The number of aromatic carboxylic acids is 1. The Hall–Kier alpha value is -2.41. The average Bonchev–Trinajstić information content (AvgIpc) is 2.46. The lowest BCUT2D eigenvalue weighted by Gasteiger charge is -2.08. The van der Waals surface area contributed by atoms with Crippen LogP contribution in [0.2, 0.25) is 0 Å². The number of ether oxygens (including phenoxy) is 1. The van der Waals surface area contributed by atoms with E-state index in [0.29, 0.717) is 10.2 Å². The monoisotopic (exact) mass is 351 g/mol. The van der Waals surface area contributed by atoms with Gasteiger partial charge in [-0.15, -0.1) is 0 Å². The molecular formula is C14H10BrNO5. The first-order chi connectivity index (χ1) is 9.97. The van der Waals surface area contributed by atoms with Crippen molar-refractivity contribution in [2.45, 2.75) is 6.61 Å². The number of hydrogen-bond acceptors (Lipinski definition) is 4. The maximum Gasteiger partial charge on any atom is 0.335 e. The second kappa shape index (κ2) is 6.36. The maximum absolute atomic E-state index is 10.8. The Morgan fingerprint density at radius 1 is 1.29 bits per heavy atom. The van der Waals surface area contributed by atoms with Gasteiger partial charge >= 0.3 is 5.97 Å². The summed E-state index contributed by atoms with van der Waals surface area (Å²) in [5, 5.41) is 19.5. The standard InChI is InChI=1S/C14H10BrNO5/c15-13-6-9(14(17)18)4-5-10(13)8-21-12-3-1-2-11(7-12)16(19)20/h1-7H,8H2,(H,17,18). The molecule has 0 fully saturated rings. The highest BCUT2D eigenvalue weighted by Crippen LogP contribution is 2.23. The van der Waals surface area contributed by atoms with E-state index in [-0.39, 0.29) is 17.9 Å². The normalized spacial score (nSPS) is 10.1. The Labute approximate surface area is 128 Å². The van der Waals surface area contributed by atoms with Crippen molar-refractivity contribution < 1.29 is 19.6 Å². The third-order valence-corrected chi connectivity index (χ3v) is 3.46. The molecule has 0 saturated carbocycles.